The Bertz CT molecular complexity index is 2000. The Morgan fingerprint density at radius 3 is 0.748 bits per heavy atom. The third-order valence-electron chi connectivity index (χ3n) is 21.4. The highest BCUT2D eigenvalue weighted by atomic mass is 16.7. The van der Waals surface area contributed by atoms with Gasteiger partial charge in [0.05, 0.1) is 34.4 Å². The molecule has 2 unspecified atom stereocenters. The second-order valence-electron chi connectivity index (χ2n) is 33.3. The van der Waals surface area contributed by atoms with Crippen molar-refractivity contribution in [2.75, 3.05) is 47.5 Å². The van der Waals surface area contributed by atoms with Crippen molar-refractivity contribution in [1.82, 2.24) is 0 Å². The number of quaternary nitrogens is 1. The van der Waals surface area contributed by atoms with Crippen LogP contribution in [0.5, 0.6) is 0 Å². The van der Waals surface area contributed by atoms with E-state index >= 15 is 0 Å². The van der Waals surface area contributed by atoms with Crippen molar-refractivity contribution in [1.29, 1.82) is 0 Å². The van der Waals surface area contributed by atoms with Crippen molar-refractivity contribution in [2.24, 2.45) is 0 Å². The number of nitrogens with zero attached hydrogens (tertiary/aromatic N) is 1. The van der Waals surface area contributed by atoms with Crippen LogP contribution in [0.25, 0.3) is 0 Å². The first-order valence-corrected chi connectivity index (χ1v) is 47.1. The van der Waals surface area contributed by atoms with Crippen LogP contribution in [-0.2, 0) is 33.3 Å². The molecule has 0 heterocycles. The zero-order valence-electron chi connectivity index (χ0n) is 72.1. The summed E-state index contributed by atoms with van der Waals surface area (Å²) in [6, 6.07) is 0. The SMILES string of the molecule is CCCCCCC/C=C\C/C=C\C/C=C\CCCCCCCCCCCCCCCCCCCCCCCCCCCCC(=O)OCC(COC(OCC[N+](C)(C)C)C(=O)O)OC(=O)CCCCCCCCCCCCCCCCCCCCCCCCCCCC/C=C\C/C=C\C/C=C\CCCCCCC. The number of aliphatic carboxylic acids is 1. The van der Waals surface area contributed by atoms with E-state index in [-0.39, 0.29) is 38.2 Å². The molecule has 0 radical (unpaired) electrons. The van der Waals surface area contributed by atoms with Crippen LogP contribution in [0.3, 0.4) is 0 Å². The fourth-order valence-corrected chi connectivity index (χ4v) is 14.3. The van der Waals surface area contributed by atoms with Crippen molar-refractivity contribution < 1.29 is 42.9 Å². The minimum absolute atomic E-state index is 0.176. The molecule has 0 aliphatic carbocycles. The lowest BCUT2D eigenvalue weighted by molar-refractivity contribution is -0.870. The maximum atomic E-state index is 13.0. The summed E-state index contributed by atoms with van der Waals surface area (Å²) in [5, 5.41) is 9.80. The molecule has 0 amide bonds. The van der Waals surface area contributed by atoms with Crippen molar-refractivity contribution in [3.8, 4) is 0 Å². The molecular weight excluding hydrogens is 1320 g/mol. The van der Waals surface area contributed by atoms with E-state index in [1.54, 1.807) is 0 Å². The van der Waals surface area contributed by atoms with Crippen molar-refractivity contribution in [2.45, 2.75) is 489 Å². The van der Waals surface area contributed by atoms with E-state index < -0.39 is 18.4 Å². The zero-order chi connectivity index (χ0) is 77.4. The summed E-state index contributed by atoms with van der Waals surface area (Å²) in [5.41, 5.74) is 0. The van der Waals surface area contributed by atoms with E-state index in [4.69, 9.17) is 18.9 Å². The van der Waals surface area contributed by atoms with Gasteiger partial charge in [0.1, 0.15) is 13.2 Å². The molecule has 0 aromatic heterocycles. The van der Waals surface area contributed by atoms with Crippen LogP contribution in [0.15, 0.2) is 72.9 Å². The van der Waals surface area contributed by atoms with Crippen LogP contribution in [0.4, 0.5) is 0 Å². The highest BCUT2D eigenvalue weighted by Gasteiger charge is 2.25. The number of hydrogen-bond acceptors (Lipinski definition) is 7. The Kier molecular flexibility index (Phi) is 85.6. The molecule has 0 rings (SSSR count). The highest BCUT2D eigenvalue weighted by Crippen LogP contribution is 2.21. The van der Waals surface area contributed by atoms with Gasteiger partial charge in [-0.2, -0.15) is 0 Å². The molecular formula is C98H182NO8+. The van der Waals surface area contributed by atoms with Crippen LogP contribution in [0, 0.1) is 0 Å². The van der Waals surface area contributed by atoms with Gasteiger partial charge in [0.2, 0.25) is 0 Å². The van der Waals surface area contributed by atoms with Crippen LogP contribution in [0.1, 0.15) is 476 Å². The molecule has 0 saturated carbocycles. The lowest BCUT2D eigenvalue weighted by Gasteiger charge is -2.25. The number of carbonyl (C=O) groups excluding carboxylic acids is 2. The van der Waals surface area contributed by atoms with Crippen LogP contribution in [0.2, 0.25) is 0 Å². The van der Waals surface area contributed by atoms with E-state index in [0.29, 0.717) is 17.4 Å². The van der Waals surface area contributed by atoms with E-state index in [1.807, 2.05) is 21.1 Å². The minimum atomic E-state index is -1.51. The topological polar surface area (TPSA) is 108 Å². The Labute approximate surface area is 666 Å². The first-order valence-electron chi connectivity index (χ1n) is 47.1. The molecule has 0 bridgehead atoms. The van der Waals surface area contributed by atoms with E-state index in [2.05, 4.69) is 86.8 Å². The molecule has 626 valence electrons. The Morgan fingerprint density at radius 2 is 0.505 bits per heavy atom. The highest BCUT2D eigenvalue weighted by molar-refractivity contribution is 5.71. The number of hydrogen-bond donors (Lipinski definition) is 1. The summed E-state index contributed by atoms with van der Waals surface area (Å²) in [5.74, 6) is -1.97. The number of carboxylic acids is 1. The lowest BCUT2D eigenvalue weighted by Crippen LogP contribution is -2.40. The predicted octanol–water partition coefficient (Wildman–Crippen LogP) is 31.1. The number of allylic oxidation sites excluding steroid dienone is 12. The second-order valence-corrected chi connectivity index (χ2v) is 33.3. The molecule has 107 heavy (non-hydrogen) atoms. The number of carbonyl (C=O) groups is 3. The molecule has 0 fully saturated rings. The average molecular weight is 1500 g/mol. The van der Waals surface area contributed by atoms with E-state index in [1.165, 1.54) is 385 Å². The number of likely N-dealkylation sites (N-methyl/N-ethyl adjacent to an activating group) is 1. The van der Waals surface area contributed by atoms with Crippen molar-refractivity contribution in [3.63, 3.8) is 0 Å². The number of unbranched alkanes of at least 4 members (excludes halogenated alkanes) is 62. The van der Waals surface area contributed by atoms with Gasteiger partial charge in [-0.05, 0) is 89.9 Å². The molecule has 9 nitrogen and oxygen atoms in total. The average Bonchev–Trinajstić information content (AvgIpc) is 0.928. The van der Waals surface area contributed by atoms with Gasteiger partial charge >= 0.3 is 17.9 Å². The van der Waals surface area contributed by atoms with Gasteiger partial charge in [-0.15, -0.1) is 0 Å². The molecule has 0 aromatic carbocycles. The number of ether oxygens (including phenoxy) is 4. The Hall–Kier alpha value is -3.27. The molecule has 0 aliphatic rings. The summed E-state index contributed by atoms with van der Waals surface area (Å²) < 4.78 is 23.1. The first-order chi connectivity index (χ1) is 52.6. The third kappa shape index (κ3) is 89.8. The number of esters is 2. The van der Waals surface area contributed by atoms with Crippen LogP contribution >= 0.6 is 0 Å². The van der Waals surface area contributed by atoms with Gasteiger partial charge in [0.15, 0.2) is 6.10 Å². The van der Waals surface area contributed by atoms with Crippen LogP contribution in [-0.4, -0.2) is 87.4 Å². The zero-order valence-corrected chi connectivity index (χ0v) is 72.1. The van der Waals surface area contributed by atoms with Crippen LogP contribution < -0.4 is 0 Å². The summed E-state index contributed by atoms with van der Waals surface area (Å²) in [6.45, 7) is 4.93. The lowest BCUT2D eigenvalue weighted by atomic mass is 10.0. The maximum absolute atomic E-state index is 13.0. The van der Waals surface area contributed by atoms with Gasteiger partial charge < -0.3 is 28.5 Å². The largest absolute Gasteiger partial charge is 0.477 e. The standard InChI is InChI=1S/C98H181NO8/c1-6-8-10-12-14-16-18-20-22-24-26-28-30-32-34-36-38-40-42-44-46-48-50-52-54-56-58-60-62-64-66-68-70-72-74-76-78-80-82-84-86-88-95(100)105-92-94(93-106-98(97(102)103)104-91-90-99(3,4)5)107-96(101)89-87-85-83-81-79-77-75-73-71-69-67-65-63-61-59-57-55-53-51-49-47-45-43-41-39-37-35-33-31-29-27-25-23-21-19-17-15-13-11-9-7-2/h18-21,24-27,30-33,94,98H,6-17,22-23,28-29,34-93H2,1-5H3/p+1/b20-18-,21-19-,26-24-,27-25-,32-30-,33-31-. The van der Waals surface area contributed by atoms with Gasteiger partial charge in [0.25, 0.3) is 6.29 Å². The fourth-order valence-electron chi connectivity index (χ4n) is 14.3. The monoisotopic (exact) mass is 1500 g/mol. The summed E-state index contributed by atoms with van der Waals surface area (Å²) in [4.78, 5) is 37.9. The van der Waals surface area contributed by atoms with Gasteiger partial charge in [-0.3, -0.25) is 9.59 Å². The molecule has 1 N–H and O–H groups in total. The Morgan fingerprint density at radius 1 is 0.280 bits per heavy atom. The molecule has 0 spiro atoms. The molecule has 9 heteroatoms. The molecule has 0 aromatic rings. The van der Waals surface area contributed by atoms with E-state index in [0.717, 1.165) is 64.2 Å². The molecule has 2 atom stereocenters. The van der Waals surface area contributed by atoms with Gasteiger partial charge in [-0.1, -0.05) is 446 Å². The maximum Gasteiger partial charge on any atom is 0.361 e. The smallest absolute Gasteiger partial charge is 0.361 e. The van der Waals surface area contributed by atoms with Gasteiger partial charge in [0, 0.05) is 12.8 Å². The summed E-state index contributed by atoms with van der Waals surface area (Å²) in [6.07, 6.45) is 118. The third-order valence-corrected chi connectivity index (χ3v) is 21.4. The predicted molar refractivity (Wildman–Crippen MR) is 466 cm³/mol. The van der Waals surface area contributed by atoms with Crippen molar-refractivity contribution >= 4 is 17.9 Å². The minimum Gasteiger partial charge on any atom is -0.477 e. The quantitative estimate of drug-likeness (QED) is 0.0211. The van der Waals surface area contributed by atoms with Crippen molar-refractivity contribution in [3.05, 3.63) is 72.9 Å². The second kappa shape index (κ2) is 88.3. The van der Waals surface area contributed by atoms with E-state index in [9.17, 15) is 19.5 Å². The Balaban J connectivity index is 3.88. The first kappa shape index (κ1) is 104. The number of rotatable bonds is 89. The molecule has 0 saturated heterocycles. The normalized spacial score (nSPS) is 12.9. The number of carboxylic acid groups (broad SMARTS) is 1. The summed E-state index contributed by atoms with van der Waals surface area (Å²) >= 11 is 0. The van der Waals surface area contributed by atoms with Gasteiger partial charge in [-0.25, -0.2) is 4.79 Å². The summed E-state index contributed by atoms with van der Waals surface area (Å²) in [7, 11) is 6.01. The fraction of sp³-hybridized carbons (Fsp3) is 0.847. The molecule has 0 aliphatic heterocycles.